The van der Waals surface area contributed by atoms with E-state index in [1.165, 1.54) is 11.8 Å². The van der Waals surface area contributed by atoms with Crippen LogP contribution in [0.2, 0.25) is 10.0 Å². The van der Waals surface area contributed by atoms with E-state index in [1.54, 1.807) is 18.2 Å². The normalized spacial score (nSPS) is 10.2. The predicted octanol–water partition coefficient (Wildman–Crippen LogP) is 3.26. The van der Waals surface area contributed by atoms with E-state index in [1.807, 2.05) is 6.92 Å². The van der Waals surface area contributed by atoms with Crippen LogP contribution in [0, 0.1) is 0 Å². The van der Waals surface area contributed by atoms with Crippen LogP contribution in [0.5, 0.6) is 0 Å². The molecule has 0 radical (unpaired) electrons. The lowest BCUT2D eigenvalue weighted by molar-refractivity contribution is -0.121. The number of carbonyl (C=O) groups is 2. The highest BCUT2D eigenvalue weighted by molar-refractivity contribution is 6.44. The van der Waals surface area contributed by atoms with Crippen molar-refractivity contribution in [2.45, 2.75) is 26.7 Å². The quantitative estimate of drug-likeness (QED) is 0.875. The molecule has 1 aromatic carbocycles. The van der Waals surface area contributed by atoms with Crippen LogP contribution in [0.1, 0.15) is 26.7 Å². The van der Waals surface area contributed by atoms with Crippen LogP contribution < -0.4 is 10.2 Å². The van der Waals surface area contributed by atoms with Gasteiger partial charge in [-0.25, -0.2) is 0 Å². The van der Waals surface area contributed by atoms with Gasteiger partial charge in [0, 0.05) is 26.4 Å². The Morgan fingerprint density at radius 3 is 2.60 bits per heavy atom. The van der Waals surface area contributed by atoms with Gasteiger partial charge in [-0.05, 0) is 18.6 Å². The molecule has 0 heterocycles. The van der Waals surface area contributed by atoms with Crippen LogP contribution in [0.4, 0.5) is 5.69 Å². The number of carbonyl (C=O) groups excluding carboxylic acids is 2. The summed E-state index contributed by atoms with van der Waals surface area (Å²) >= 11 is 12.1. The van der Waals surface area contributed by atoms with Gasteiger partial charge in [-0.15, -0.1) is 0 Å². The van der Waals surface area contributed by atoms with E-state index in [0.717, 1.165) is 6.42 Å². The molecule has 0 fully saturated rings. The molecule has 0 saturated carbocycles. The predicted molar refractivity (Wildman–Crippen MR) is 82.4 cm³/mol. The lowest BCUT2D eigenvalue weighted by Gasteiger charge is -2.23. The Bertz CT molecular complexity index is 492. The first-order chi connectivity index (χ1) is 9.47. The zero-order valence-electron chi connectivity index (χ0n) is 11.6. The molecule has 0 atom stereocenters. The molecule has 1 N–H and O–H groups in total. The van der Waals surface area contributed by atoms with Gasteiger partial charge in [-0.1, -0.05) is 36.2 Å². The number of hydrogen-bond donors (Lipinski definition) is 1. The number of hydrogen-bond acceptors (Lipinski definition) is 2. The SMILES string of the molecule is CCCC(=O)NCCN(C(C)=O)c1cccc(Cl)c1Cl. The molecule has 0 aliphatic rings. The second kappa shape index (κ2) is 8.12. The molecular formula is C14H18Cl2N2O2. The van der Waals surface area contributed by atoms with Gasteiger partial charge in [0.25, 0.3) is 0 Å². The van der Waals surface area contributed by atoms with Crippen molar-refractivity contribution in [3.05, 3.63) is 28.2 Å². The van der Waals surface area contributed by atoms with E-state index < -0.39 is 0 Å². The second-order valence-electron chi connectivity index (χ2n) is 4.34. The monoisotopic (exact) mass is 316 g/mol. The highest BCUT2D eigenvalue weighted by Crippen LogP contribution is 2.32. The van der Waals surface area contributed by atoms with E-state index in [-0.39, 0.29) is 11.8 Å². The largest absolute Gasteiger partial charge is 0.354 e. The fraction of sp³-hybridized carbons (Fsp3) is 0.429. The Kier molecular flexibility index (Phi) is 6.82. The van der Waals surface area contributed by atoms with E-state index in [0.29, 0.717) is 35.2 Å². The minimum atomic E-state index is -0.154. The Labute approximate surface area is 129 Å². The van der Waals surface area contributed by atoms with Crippen molar-refractivity contribution >= 4 is 40.7 Å². The van der Waals surface area contributed by atoms with Gasteiger partial charge in [-0.3, -0.25) is 9.59 Å². The van der Waals surface area contributed by atoms with Crippen molar-refractivity contribution < 1.29 is 9.59 Å². The summed E-state index contributed by atoms with van der Waals surface area (Å²) in [6, 6.07) is 5.12. The average Bonchev–Trinajstić information content (AvgIpc) is 2.38. The summed E-state index contributed by atoms with van der Waals surface area (Å²) in [5.41, 5.74) is 0.552. The highest BCUT2D eigenvalue weighted by atomic mass is 35.5. The molecule has 0 spiro atoms. The fourth-order valence-electron chi connectivity index (χ4n) is 1.77. The summed E-state index contributed by atoms with van der Waals surface area (Å²) in [7, 11) is 0. The van der Waals surface area contributed by atoms with Crippen molar-refractivity contribution in [1.82, 2.24) is 5.32 Å². The maximum atomic E-state index is 11.7. The zero-order chi connectivity index (χ0) is 15.1. The minimum Gasteiger partial charge on any atom is -0.354 e. The second-order valence-corrected chi connectivity index (χ2v) is 5.13. The summed E-state index contributed by atoms with van der Waals surface area (Å²) < 4.78 is 0. The smallest absolute Gasteiger partial charge is 0.223 e. The fourth-order valence-corrected chi connectivity index (χ4v) is 2.17. The summed E-state index contributed by atoms with van der Waals surface area (Å²) in [5.74, 6) is -0.174. The van der Waals surface area contributed by atoms with Crippen LogP contribution in [-0.2, 0) is 9.59 Å². The number of nitrogens with zero attached hydrogens (tertiary/aromatic N) is 1. The standard InChI is InChI=1S/C14H18Cl2N2O2/c1-3-5-13(20)17-8-9-18(10(2)19)12-7-4-6-11(15)14(12)16/h4,6-7H,3,5,8-9H2,1-2H3,(H,17,20). The maximum Gasteiger partial charge on any atom is 0.223 e. The summed E-state index contributed by atoms with van der Waals surface area (Å²) in [6.45, 7) is 4.12. The Morgan fingerprint density at radius 1 is 1.30 bits per heavy atom. The molecule has 0 saturated heterocycles. The molecule has 0 aromatic heterocycles. The molecular weight excluding hydrogens is 299 g/mol. The van der Waals surface area contributed by atoms with E-state index in [2.05, 4.69) is 5.32 Å². The number of rotatable bonds is 6. The first kappa shape index (κ1) is 16.8. The summed E-state index contributed by atoms with van der Waals surface area (Å²) in [6.07, 6.45) is 1.28. The maximum absolute atomic E-state index is 11.7. The van der Waals surface area contributed by atoms with Crippen molar-refractivity contribution in [3.8, 4) is 0 Å². The van der Waals surface area contributed by atoms with Crippen LogP contribution in [0.3, 0.4) is 0 Å². The molecule has 0 unspecified atom stereocenters. The summed E-state index contributed by atoms with van der Waals surface area (Å²) in [4.78, 5) is 24.6. The van der Waals surface area contributed by atoms with Gasteiger partial charge in [0.05, 0.1) is 15.7 Å². The lowest BCUT2D eigenvalue weighted by Crippen LogP contribution is -2.37. The van der Waals surface area contributed by atoms with Crippen LogP contribution in [-0.4, -0.2) is 24.9 Å². The number of nitrogens with one attached hydrogen (secondary N) is 1. The third-order valence-corrected chi connectivity index (χ3v) is 3.55. The van der Waals surface area contributed by atoms with Crippen molar-refractivity contribution in [2.24, 2.45) is 0 Å². The molecule has 6 heteroatoms. The zero-order valence-corrected chi connectivity index (χ0v) is 13.1. The van der Waals surface area contributed by atoms with Gasteiger partial charge in [0.2, 0.25) is 11.8 Å². The first-order valence-corrected chi connectivity index (χ1v) is 7.21. The molecule has 1 rings (SSSR count). The highest BCUT2D eigenvalue weighted by Gasteiger charge is 2.16. The first-order valence-electron chi connectivity index (χ1n) is 6.46. The van der Waals surface area contributed by atoms with Gasteiger partial charge in [0.15, 0.2) is 0 Å². The molecule has 4 nitrogen and oxygen atoms in total. The molecule has 110 valence electrons. The van der Waals surface area contributed by atoms with Crippen LogP contribution in [0.25, 0.3) is 0 Å². The van der Waals surface area contributed by atoms with E-state index in [9.17, 15) is 9.59 Å². The molecule has 0 bridgehead atoms. The van der Waals surface area contributed by atoms with Crippen LogP contribution in [0.15, 0.2) is 18.2 Å². The average molecular weight is 317 g/mol. The molecule has 0 aliphatic carbocycles. The molecule has 20 heavy (non-hydrogen) atoms. The lowest BCUT2D eigenvalue weighted by atomic mass is 10.2. The van der Waals surface area contributed by atoms with Crippen molar-refractivity contribution in [2.75, 3.05) is 18.0 Å². The van der Waals surface area contributed by atoms with Crippen LogP contribution >= 0.6 is 23.2 Å². The third-order valence-electron chi connectivity index (χ3n) is 2.74. The Morgan fingerprint density at radius 2 is 2.00 bits per heavy atom. The number of amides is 2. The van der Waals surface area contributed by atoms with Gasteiger partial charge in [-0.2, -0.15) is 0 Å². The topological polar surface area (TPSA) is 49.4 Å². The Hall–Kier alpha value is -1.26. The number of benzene rings is 1. The Balaban J connectivity index is 2.73. The van der Waals surface area contributed by atoms with E-state index in [4.69, 9.17) is 23.2 Å². The molecule has 1 aromatic rings. The van der Waals surface area contributed by atoms with Crippen molar-refractivity contribution in [3.63, 3.8) is 0 Å². The summed E-state index contributed by atoms with van der Waals surface area (Å²) in [5, 5.41) is 3.50. The number of anilines is 1. The molecule has 2 amide bonds. The minimum absolute atomic E-state index is 0.0202. The van der Waals surface area contributed by atoms with Gasteiger partial charge < -0.3 is 10.2 Å². The molecule has 0 aliphatic heterocycles. The number of halogens is 2. The van der Waals surface area contributed by atoms with Crippen molar-refractivity contribution in [1.29, 1.82) is 0 Å². The van der Waals surface area contributed by atoms with Gasteiger partial charge >= 0.3 is 0 Å². The van der Waals surface area contributed by atoms with Gasteiger partial charge in [0.1, 0.15) is 0 Å². The third kappa shape index (κ3) is 4.69. The van der Waals surface area contributed by atoms with E-state index >= 15 is 0 Å².